The molecule has 2 N–H and O–H groups in total. The number of carbonyl (C=O) groups excluding carboxylic acids is 1. The van der Waals surface area contributed by atoms with E-state index in [1.165, 1.54) is 4.88 Å². The molecule has 112 valence electrons. The first-order valence-electron chi connectivity index (χ1n) is 6.92. The van der Waals surface area contributed by atoms with Crippen LogP contribution in [-0.4, -0.2) is 12.5 Å². The molecule has 1 aromatic heterocycles. The Morgan fingerprint density at radius 2 is 2.10 bits per heavy atom. The number of aryl methyl sites for hydroxylation is 1. The standard InChI is InChI=1S/C16H19ClN2OS/c1-4-18-14-7-6-12(17)9-13(14)16(20)19-11(3)15-8-5-10(2)21-15/h5-9,11,18H,4H2,1-3H3,(H,19,20). The average Bonchev–Trinajstić information content (AvgIpc) is 2.87. The Morgan fingerprint density at radius 3 is 2.71 bits per heavy atom. The normalized spacial score (nSPS) is 12.0. The number of halogens is 1. The number of amides is 1. The summed E-state index contributed by atoms with van der Waals surface area (Å²) in [5.41, 5.74) is 1.37. The highest BCUT2D eigenvalue weighted by atomic mass is 35.5. The summed E-state index contributed by atoms with van der Waals surface area (Å²) >= 11 is 7.71. The van der Waals surface area contributed by atoms with Crippen LogP contribution in [0.25, 0.3) is 0 Å². The molecule has 0 aliphatic heterocycles. The molecule has 5 heteroatoms. The SMILES string of the molecule is CCNc1ccc(Cl)cc1C(=O)NC(C)c1ccc(C)s1. The molecule has 1 unspecified atom stereocenters. The number of rotatable bonds is 5. The van der Waals surface area contributed by atoms with Gasteiger partial charge in [0.05, 0.1) is 11.6 Å². The molecule has 3 nitrogen and oxygen atoms in total. The number of thiophene rings is 1. The smallest absolute Gasteiger partial charge is 0.253 e. The number of hydrogen-bond acceptors (Lipinski definition) is 3. The molecule has 1 heterocycles. The summed E-state index contributed by atoms with van der Waals surface area (Å²) in [6.45, 7) is 6.79. The molecule has 0 radical (unpaired) electrons. The molecular formula is C16H19ClN2OS. The molecule has 0 saturated heterocycles. The van der Waals surface area contributed by atoms with Gasteiger partial charge in [-0.1, -0.05) is 11.6 Å². The lowest BCUT2D eigenvalue weighted by atomic mass is 10.1. The number of carbonyl (C=O) groups is 1. The summed E-state index contributed by atoms with van der Waals surface area (Å²) in [7, 11) is 0. The van der Waals surface area contributed by atoms with Crippen LogP contribution in [0.5, 0.6) is 0 Å². The van der Waals surface area contributed by atoms with Gasteiger partial charge < -0.3 is 10.6 Å². The van der Waals surface area contributed by atoms with Crippen molar-refractivity contribution < 1.29 is 4.79 Å². The van der Waals surface area contributed by atoms with E-state index >= 15 is 0 Å². The Labute approximate surface area is 134 Å². The lowest BCUT2D eigenvalue weighted by Crippen LogP contribution is -2.27. The molecule has 0 saturated carbocycles. The van der Waals surface area contributed by atoms with E-state index in [1.807, 2.05) is 26.0 Å². The molecule has 0 aliphatic carbocycles. The first-order chi connectivity index (χ1) is 10.0. The molecule has 0 spiro atoms. The zero-order valence-corrected chi connectivity index (χ0v) is 13.9. The van der Waals surface area contributed by atoms with Gasteiger partial charge in [-0.2, -0.15) is 0 Å². The maximum absolute atomic E-state index is 12.5. The summed E-state index contributed by atoms with van der Waals surface area (Å²) in [5.74, 6) is -0.119. The lowest BCUT2D eigenvalue weighted by molar-refractivity contribution is 0.0941. The van der Waals surface area contributed by atoms with Gasteiger partial charge in [-0.15, -0.1) is 11.3 Å². The minimum absolute atomic E-state index is 0.0235. The number of benzene rings is 1. The maximum Gasteiger partial charge on any atom is 0.253 e. The largest absolute Gasteiger partial charge is 0.385 e. The molecule has 1 atom stereocenters. The van der Waals surface area contributed by atoms with Gasteiger partial charge in [0.2, 0.25) is 0 Å². The third kappa shape index (κ3) is 3.99. The highest BCUT2D eigenvalue weighted by Crippen LogP contribution is 2.25. The van der Waals surface area contributed by atoms with E-state index in [9.17, 15) is 4.79 Å². The second-order valence-corrected chi connectivity index (χ2v) is 6.62. The van der Waals surface area contributed by atoms with Crippen molar-refractivity contribution >= 4 is 34.5 Å². The molecule has 2 aromatic rings. The van der Waals surface area contributed by atoms with Gasteiger partial charge in [-0.3, -0.25) is 4.79 Å². The second-order valence-electron chi connectivity index (χ2n) is 4.86. The van der Waals surface area contributed by atoms with Crippen molar-refractivity contribution in [1.82, 2.24) is 5.32 Å². The van der Waals surface area contributed by atoms with Crippen molar-refractivity contribution in [1.29, 1.82) is 0 Å². The summed E-state index contributed by atoms with van der Waals surface area (Å²) < 4.78 is 0. The van der Waals surface area contributed by atoms with E-state index in [1.54, 1.807) is 23.5 Å². The van der Waals surface area contributed by atoms with Crippen LogP contribution in [0.1, 0.15) is 40.0 Å². The summed E-state index contributed by atoms with van der Waals surface area (Å²) in [5, 5.41) is 6.77. The molecule has 1 amide bonds. The van der Waals surface area contributed by atoms with E-state index in [0.29, 0.717) is 10.6 Å². The monoisotopic (exact) mass is 322 g/mol. The van der Waals surface area contributed by atoms with Crippen LogP contribution in [-0.2, 0) is 0 Å². The van der Waals surface area contributed by atoms with Crippen molar-refractivity contribution in [3.63, 3.8) is 0 Å². The van der Waals surface area contributed by atoms with Crippen molar-refractivity contribution in [2.75, 3.05) is 11.9 Å². The van der Waals surface area contributed by atoms with Crippen LogP contribution >= 0.6 is 22.9 Å². The summed E-state index contributed by atoms with van der Waals surface area (Å²) in [4.78, 5) is 14.9. The van der Waals surface area contributed by atoms with Crippen LogP contribution in [0.15, 0.2) is 30.3 Å². The highest BCUT2D eigenvalue weighted by molar-refractivity contribution is 7.12. The van der Waals surface area contributed by atoms with Crippen molar-refractivity contribution in [3.05, 3.63) is 50.7 Å². The van der Waals surface area contributed by atoms with Crippen LogP contribution < -0.4 is 10.6 Å². The van der Waals surface area contributed by atoms with Crippen LogP contribution in [0.4, 0.5) is 5.69 Å². The first kappa shape index (κ1) is 15.9. The Morgan fingerprint density at radius 1 is 1.33 bits per heavy atom. The zero-order chi connectivity index (χ0) is 15.4. The van der Waals surface area contributed by atoms with Crippen molar-refractivity contribution in [2.24, 2.45) is 0 Å². The van der Waals surface area contributed by atoms with Gasteiger partial charge >= 0.3 is 0 Å². The van der Waals surface area contributed by atoms with Gasteiger partial charge in [-0.25, -0.2) is 0 Å². The van der Waals surface area contributed by atoms with E-state index in [-0.39, 0.29) is 11.9 Å². The second kappa shape index (κ2) is 6.96. The molecule has 0 fully saturated rings. The fourth-order valence-corrected chi connectivity index (χ4v) is 3.13. The van der Waals surface area contributed by atoms with E-state index in [0.717, 1.165) is 17.1 Å². The van der Waals surface area contributed by atoms with Gasteiger partial charge in [0, 0.05) is 27.0 Å². The summed E-state index contributed by atoms with van der Waals surface area (Å²) in [6.07, 6.45) is 0. The third-order valence-electron chi connectivity index (χ3n) is 3.13. The van der Waals surface area contributed by atoms with Crippen LogP contribution in [0.3, 0.4) is 0 Å². The molecule has 1 aromatic carbocycles. The lowest BCUT2D eigenvalue weighted by Gasteiger charge is -2.15. The maximum atomic E-state index is 12.5. The Kier molecular flexibility index (Phi) is 5.26. The van der Waals surface area contributed by atoms with Gasteiger partial charge in [0.25, 0.3) is 5.91 Å². The summed E-state index contributed by atoms with van der Waals surface area (Å²) in [6, 6.07) is 9.40. The van der Waals surface area contributed by atoms with Gasteiger partial charge in [0.15, 0.2) is 0 Å². The Bertz CT molecular complexity index is 639. The minimum atomic E-state index is -0.119. The zero-order valence-electron chi connectivity index (χ0n) is 12.4. The average molecular weight is 323 g/mol. The molecule has 0 bridgehead atoms. The quantitative estimate of drug-likeness (QED) is 0.842. The molecule has 0 aliphatic rings. The van der Waals surface area contributed by atoms with Crippen molar-refractivity contribution in [2.45, 2.75) is 26.8 Å². The predicted molar refractivity (Wildman–Crippen MR) is 90.6 cm³/mol. The highest BCUT2D eigenvalue weighted by Gasteiger charge is 2.16. The minimum Gasteiger partial charge on any atom is -0.385 e. The van der Waals surface area contributed by atoms with Crippen LogP contribution in [0, 0.1) is 6.92 Å². The number of anilines is 1. The first-order valence-corrected chi connectivity index (χ1v) is 8.11. The van der Waals surface area contributed by atoms with E-state index in [4.69, 9.17) is 11.6 Å². The van der Waals surface area contributed by atoms with Crippen LogP contribution in [0.2, 0.25) is 5.02 Å². The number of nitrogens with one attached hydrogen (secondary N) is 2. The molecule has 2 rings (SSSR count). The Hall–Kier alpha value is -1.52. The third-order valence-corrected chi connectivity index (χ3v) is 4.55. The topological polar surface area (TPSA) is 41.1 Å². The number of hydrogen-bond donors (Lipinski definition) is 2. The predicted octanol–water partition coefficient (Wildman–Crippen LogP) is 4.63. The van der Waals surface area contributed by atoms with Crippen molar-refractivity contribution in [3.8, 4) is 0 Å². The fourth-order valence-electron chi connectivity index (χ4n) is 2.08. The van der Waals surface area contributed by atoms with E-state index < -0.39 is 0 Å². The van der Waals surface area contributed by atoms with Gasteiger partial charge in [0.1, 0.15) is 0 Å². The molecule has 21 heavy (non-hydrogen) atoms. The molecular weight excluding hydrogens is 304 g/mol. The Balaban J connectivity index is 2.18. The van der Waals surface area contributed by atoms with E-state index in [2.05, 4.69) is 23.6 Å². The fraction of sp³-hybridized carbons (Fsp3) is 0.312. The van der Waals surface area contributed by atoms with Gasteiger partial charge in [-0.05, 0) is 51.1 Å².